The van der Waals surface area contributed by atoms with Crippen molar-refractivity contribution >= 4 is 54.1 Å². The molecule has 98 valence electrons. The zero-order chi connectivity index (χ0) is 12.6. The molecule has 0 aliphatic heterocycles. The van der Waals surface area contributed by atoms with Gasteiger partial charge >= 0.3 is 41.5 Å². The first kappa shape index (κ1) is 22.6. The van der Waals surface area contributed by atoms with E-state index < -0.39 is 11.9 Å². The fourth-order valence-corrected chi connectivity index (χ4v) is 0.785. The molecule has 0 bridgehead atoms. The molecule has 0 spiro atoms. The van der Waals surface area contributed by atoms with Gasteiger partial charge in [-0.05, 0) is 30.4 Å². The third kappa shape index (κ3) is 9.49. The van der Waals surface area contributed by atoms with Gasteiger partial charge in [-0.1, -0.05) is 13.0 Å². The van der Waals surface area contributed by atoms with Crippen LogP contribution in [0.2, 0.25) is 0 Å². The summed E-state index contributed by atoms with van der Waals surface area (Å²) < 4.78 is 0. The minimum absolute atomic E-state index is 0. The van der Waals surface area contributed by atoms with Crippen LogP contribution in [-0.4, -0.2) is 62.9 Å². The molecule has 7 heteroatoms. The number of aromatic carboxylic acids is 2. The van der Waals surface area contributed by atoms with E-state index in [1.165, 1.54) is 24.6 Å². The summed E-state index contributed by atoms with van der Waals surface area (Å²) in [4.78, 5) is 20.8. The van der Waals surface area contributed by atoms with Crippen LogP contribution < -0.4 is 0 Å². The number of benzene rings is 1. The van der Waals surface area contributed by atoms with Gasteiger partial charge in [-0.15, -0.1) is 0 Å². The van der Waals surface area contributed by atoms with Crippen LogP contribution in [0.1, 0.15) is 34.1 Å². The Kier molecular flexibility index (Phi) is 16.2. The molecule has 4 N–H and O–H groups in total. The van der Waals surface area contributed by atoms with Gasteiger partial charge in [0, 0.05) is 0 Å². The van der Waals surface area contributed by atoms with Gasteiger partial charge in [-0.25, -0.2) is 9.59 Å². The maximum absolute atomic E-state index is 10.4. The molecule has 0 saturated carbocycles. The van der Waals surface area contributed by atoms with Crippen LogP contribution in [0.5, 0.6) is 0 Å². The van der Waals surface area contributed by atoms with E-state index in [2.05, 4.69) is 19.6 Å². The van der Waals surface area contributed by atoms with Crippen LogP contribution in [0.3, 0.4) is 0 Å². The number of rotatable bonds is 3. The van der Waals surface area contributed by atoms with Gasteiger partial charge in [-0.3, -0.25) is 0 Å². The van der Waals surface area contributed by atoms with Crippen LogP contribution in [0.25, 0.3) is 0 Å². The molecule has 0 aliphatic carbocycles. The van der Waals surface area contributed by atoms with Crippen LogP contribution in [0.15, 0.2) is 24.3 Å². The van der Waals surface area contributed by atoms with E-state index in [0.717, 1.165) is 11.8 Å². The summed E-state index contributed by atoms with van der Waals surface area (Å²) in [6.07, 6.45) is 1.18. The first-order valence-electron chi connectivity index (χ1n) is 4.70. The van der Waals surface area contributed by atoms with E-state index in [1.807, 2.05) is 0 Å². The number of thiol groups is 1. The summed E-state index contributed by atoms with van der Waals surface area (Å²) in [5, 5.41) is 17.0. The molecule has 18 heavy (non-hydrogen) atoms. The summed E-state index contributed by atoms with van der Waals surface area (Å²) in [6, 6.07) is 5.20. The SMILES string of the molecule is CCCS.O.O=C(O)c1cccc(C(=O)O)c1.[NaH]. The molecule has 0 saturated heterocycles. The van der Waals surface area contributed by atoms with Crippen molar-refractivity contribution < 1.29 is 25.3 Å². The molecule has 0 unspecified atom stereocenters. The Morgan fingerprint density at radius 3 is 1.72 bits per heavy atom. The van der Waals surface area contributed by atoms with Crippen molar-refractivity contribution in [2.75, 3.05) is 5.75 Å². The summed E-state index contributed by atoms with van der Waals surface area (Å²) >= 11 is 3.92. The molecule has 0 radical (unpaired) electrons. The number of carboxylic acids is 2. The average Bonchev–Trinajstić information content (AvgIpc) is 2.29. The third-order valence-corrected chi connectivity index (χ3v) is 2.03. The standard InChI is InChI=1S/C8H6O4.C3H8S.Na.H2O.H/c9-7(10)5-2-1-3-6(4-5)8(11)12;1-2-3-4;;;/h1-4H,(H,9,10)(H,11,12);4H,2-3H2,1H3;;1H2;. The third-order valence-electron chi connectivity index (χ3n) is 1.58. The first-order valence-corrected chi connectivity index (χ1v) is 5.33. The molecule has 1 rings (SSSR count). The molecular formula is C11H17NaO5S. The summed E-state index contributed by atoms with van der Waals surface area (Å²) in [6.45, 7) is 2.10. The van der Waals surface area contributed by atoms with E-state index in [4.69, 9.17) is 10.2 Å². The summed E-state index contributed by atoms with van der Waals surface area (Å²) in [5.41, 5.74) is -0.0372. The molecule has 0 aliphatic rings. The van der Waals surface area contributed by atoms with Gasteiger partial charge in [0.15, 0.2) is 0 Å². The molecule has 1 aromatic rings. The van der Waals surface area contributed by atoms with Crippen molar-refractivity contribution in [3.63, 3.8) is 0 Å². The van der Waals surface area contributed by atoms with Gasteiger partial charge in [0.2, 0.25) is 0 Å². The summed E-state index contributed by atoms with van der Waals surface area (Å²) in [5.74, 6) is -1.24. The monoisotopic (exact) mass is 284 g/mol. The molecule has 1 aromatic carbocycles. The fraction of sp³-hybridized carbons (Fsp3) is 0.273. The fourth-order valence-electron chi connectivity index (χ4n) is 0.785. The van der Waals surface area contributed by atoms with Gasteiger partial charge < -0.3 is 15.7 Å². The minimum atomic E-state index is -1.13. The van der Waals surface area contributed by atoms with E-state index in [0.29, 0.717) is 0 Å². The maximum atomic E-state index is 10.4. The second-order valence-electron chi connectivity index (χ2n) is 2.91. The number of hydrogen-bond donors (Lipinski definition) is 3. The normalized spacial score (nSPS) is 7.89. The Hall–Kier alpha value is -0.530. The number of hydrogen-bond acceptors (Lipinski definition) is 3. The van der Waals surface area contributed by atoms with Crippen molar-refractivity contribution in [1.29, 1.82) is 0 Å². The molecular weight excluding hydrogens is 267 g/mol. The van der Waals surface area contributed by atoms with Gasteiger partial charge in [0.25, 0.3) is 0 Å². The molecule has 5 nitrogen and oxygen atoms in total. The molecule has 0 heterocycles. The van der Waals surface area contributed by atoms with Crippen molar-refractivity contribution in [2.45, 2.75) is 13.3 Å². The van der Waals surface area contributed by atoms with E-state index >= 15 is 0 Å². The Morgan fingerprint density at radius 2 is 1.50 bits per heavy atom. The Morgan fingerprint density at radius 1 is 1.17 bits per heavy atom. The van der Waals surface area contributed by atoms with Crippen LogP contribution in [0.4, 0.5) is 0 Å². The van der Waals surface area contributed by atoms with Crippen molar-refractivity contribution in [3.05, 3.63) is 35.4 Å². The Bertz CT molecular complexity index is 339. The van der Waals surface area contributed by atoms with Crippen LogP contribution >= 0.6 is 12.6 Å². The zero-order valence-corrected chi connectivity index (χ0v) is 10.3. The quantitative estimate of drug-likeness (QED) is 0.567. The van der Waals surface area contributed by atoms with Gasteiger partial charge in [0.05, 0.1) is 11.1 Å². The predicted molar refractivity (Wildman–Crippen MR) is 75.3 cm³/mol. The van der Waals surface area contributed by atoms with Crippen LogP contribution in [0, 0.1) is 0 Å². The number of carbonyl (C=O) groups is 2. The molecule has 0 aromatic heterocycles. The number of carboxylic acid groups (broad SMARTS) is 2. The Labute approximate surface area is 133 Å². The van der Waals surface area contributed by atoms with E-state index in [9.17, 15) is 9.59 Å². The Balaban J connectivity index is -0.000000332. The molecule has 0 amide bonds. The second-order valence-corrected chi connectivity index (χ2v) is 3.36. The van der Waals surface area contributed by atoms with Crippen molar-refractivity contribution in [2.24, 2.45) is 0 Å². The van der Waals surface area contributed by atoms with E-state index in [1.54, 1.807) is 0 Å². The summed E-state index contributed by atoms with van der Waals surface area (Å²) in [7, 11) is 0. The topological polar surface area (TPSA) is 106 Å². The molecule has 0 atom stereocenters. The average molecular weight is 284 g/mol. The van der Waals surface area contributed by atoms with Crippen LogP contribution in [-0.2, 0) is 0 Å². The van der Waals surface area contributed by atoms with E-state index in [-0.39, 0.29) is 46.2 Å². The first-order chi connectivity index (χ1) is 7.52. The van der Waals surface area contributed by atoms with Crippen molar-refractivity contribution in [3.8, 4) is 0 Å². The van der Waals surface area contributed by atoms with Gasteiger partial charge in [-0.2, -0.15) is 12.6 Å². The predicted octanol–water partition coefficient (Wildman–Crippen LogP) is 0.936. The van der Waals surface area contributed by atoms with Gasteiger partial charge in [0.1, 0.15) is 0 Å². The van der Waals surface area contributed by atoms with Crippen molar-refractivity contribution in [1.82, 2.24) is 0 Å². The second kappa shape index (κ2) is 12.9. The zero-order valence-electron chi connectivity index (χ0n) is 9.38. The molecule has 0 fully saturated rings.